The molecule has 6 aromatic rings. The van der Waals surface area contributed by atoms with Crippen LogP contribution in [-0.2, 0) is 5.41 Å². The maximum absolute atomic E-state index is 9.72. The number of hydrogen-bond donors (Lipinski definition) is 0. The minimum atomic E-state index is -0.432. The minimum Gasteiger partial charge on any atom is -0.310 e. The van der Waals surface area contributed by atoms with Crippen molar-refractivity contribution in [2.75, 3.05) is 4.90 Å². The van der Waals surface area contributed by atoms with Crippen molar-refractivity contribution in [2.45, 2.75) is 5.41 Å². The Morgan fingerprint density at radius 2 is 1.10 bits per heavy atom. The maximum atomic E-state index is 9.72. The highest BCUT2D eigenvalue weighted by atomic mass is 15.2. The van der Waals surface area contributed by atoms with Gasteiger partial charge in [-0.2, -0.15) is 5.26 Å². The van der Waals surface area contributed by atoms with Crippen LogP contribution in [0, 0.1) is 17.9 Å². The molecule has 1 spiro atoms. The zero-order chi connectivity index (χ0) is 28.3. The Balaban J connectivity index is 1.36. The van der Waals surface area contributed by atoms with Crippen LogP contribution >= 0.6 is 0 Å². The highest BCUT2D eigenvalue weighted by molar-refractivity contribution is 5.95. The van der Waals surface area contributed by atoms with Crippen molar-refractivity contribution in [3.63, 3.8) is 0 Å². The molecule has 194 valence electrons. The molecule has 0 bridgehead atoms. The minimum absolute atomic E-state index is 0.432. The van der Waals surface area contributed by atoms with E-state index in [1.165, 1.54) is 33.4 Å². The molecule has 6 aromatic carbocycles. The van der Waals surface area contributed by atoms with E-state index in [4.69, 9.17) is 6.57 Å². The van der Waals surface area contributed by atoms with Crippen LogP contribution in [0.4, 0.5) is 22.7 Å². The van der Waals surface area contributed by atoms with Gasteiger partial charge in [-0.05, 0) is 74.8 Å². The Bertz CT molecular complexity index is 2030. The van der Waals surface area contributed by atoms with E-state index in [1.54, 1.807) is 18.2 Å². The molecular formula is C39H23N3. The molecule has 0 radical (unpaired) electrons. The summed E-state index contributed by atoms with van der Waals surface area (Å²) in [5.41, 5.74) is 13.3. The smallest absolute Gasteiger partial charge is 0.187 e. The molecule has 0 amide bonds. The molecule has 0 fully saturated rings. The average molecular weight is 534 g/mol. The SMILES string of the molecule is [C-]#[N+]c1ccc(C#N)c(-c2ccc(N3c4ccccc4C4(c5ccccc5-c5ccccc54)c4ccccc43)cc2)c1. The van der Waals surface area contributed by atoms with Crippen LogP contribution in [0.1, 0.15) is 27.8 Å². The summed E-state index contributed by atoms with van der Waals surface area (Å²) in [5, 5.41) is 9.72. The number of nitrogens with zero attached hydrogens (tertiary/aromatic N) is 3. The summed E-state index contributed by atoms with van der Waals surface area (Å²) in [7, 11) is 0. The second-order valence-electron chi connectivity index (χ2n) is 10.7. The Morgan fingerprint density at radius 3 is 1.64 bits per heavy atom. The van der Waals surface area contributed by atoms with E-state index in [0.717, 1.165) is 28.2 Å². The zero-order valence-corrected chi connectivity index (χ0v) is 22.6. The summed E-state index contributed by atoms with van der Waals surface area (Å²) in [4.78, 5) is 5.92. The molecule has 0 aromatic heterocycles. The number of anilines is 3. The van der Waals surface area contributed by atoms with Crippen LogP contribution in [-0.4, -0.2) is 0 Å². The van der Waals surface area contributed by atoms with Crippen LogP contribution in [0.25, 0.3) is 27.1 Å². The number of hydrogen-bond acceptors (Lipinski definition) is 2. The fourth-order valence-corrected chi connectivity index (χ4v) is 7.07. The first-order chi connectivity index (χ1) is 20.8. The lowest BCUT2D eigenvalue weighted by molar-refractivity contribution is 0.752. The first kappa shape index (κ1) is 23.9. The quantitative estimate of drug-likeness (QED) is 0.207. The predicted molar refractivity (Wildman–Crippen MR) is 168 cm³/mol. The number of fused-ring (bicyclic) bond motifs is 9. The number of nitriles is 1. The van der Waals surface area contributed by atoms with Gasteiger partial charge in [0.15, 0.2) is 5.69 Å². The molecule has 0 N–H and O–H groups in total. The van der Waals surface area contributed by atoms with Gasteiger partial charge >= 0.3 is 0 Å². The highest BCUT2D eigenvalue weighted by Gasteiger charge is 2.51. The molecule has 0 atom stereocenters. The second-order valence-corrected chi connectivity index (χ2v) is 10.7. The molecule has 1 aliphatic carbocycles. The van der Waals surface area contributed by atoms with Crippen LogP contribution in [0.3, 0.4) is 0 Å². The highest BCUT2D eigenvalue weighted by Crippen LogP contribution is 2.63. The lowest BCUT2D eigenvalue weighted by Gasteiger charge is -2.45. The summed E-state index contributed by atoms with van der Waals surface area (Å²) in [5.74, 6) is 0. The van der Waals surface area contributed by atoms with Crippen molar-refractivity contribution in [2.24, 2.45) is 0 Å². The van der Waals surface area contributed by atoms with E-state index < -0.39 is 5.41 Å². The Morgan fingerprint density at radius 1 is 0.571 bits per heavy atom. The number of para-hydroxylation sites is 2. The van der Waals surface area contributed by atoms with E-state index in [1.807, 2.05) is 0 Å². The third kappa shape index (κ3) is 3.14. The summed E-state index contributed by atoms with van der Waals surface area (Å²) in [6.07, 6.45) is 0. The van der Waals surface area contributed by atoms with Gasteiger partial charge in [-0.1, -0.05) is 109 Å². The van der Waals surface area contributed by atoms with Crippen molar-refractivity contribution in [3.8, 4) is 28.3 Å². The van der Waals surface area contributed by atoms with Crippen molar-refractivity contribution in [1.82, 2.24) is 0 Å². The van der Waals surface area contributed by atoms with Gasteiger partial charge in [-0.15, -0.1) is 0 Å². The first-order valence-corrected chi connectivity index (χ1v) is 14.0. The fraction of sp³-hybridized carbons (Fsp3) is 0.0256. The maximum Gasteiger partial charge on any atom is 0.187 e. The standard InChI is InChI=1S/C39H23N3/c1-41-28-21-18-27(25-40)32(24-28)26-19-22-29(23-20-26)42-37-16-8-6-14-35(37)39(36-15-7-9-17-38(36)42)33-12-4-2-10-30(33)31-11-3-5-13-34(31)39/h2-24H. The second kappa shape index (κ2) is 9.07. The van der Waals surface area contributed by atoms with Gasteiger partial charge in [0.2, 0.25) is 0 Å². The lowest BCUT2D eigenvalue weighted by Crippen LogP contribution is -2.36. The van der Waals surface area contributed by atoms with E-state index in [2.05, 4.69) is 137 Å². The van der Waals surface area contributed by atoms with Gasteiger partial charge in [-0.25, -0.2) is 4.85 Å². The predicted octanol–water partition coefficient (Wildman–Crippen LogP) is 9.92. The first-order valence-electron chi connectivity index (χ1n) is 14.0. The summed E-state index contributed by atoms with van der Waals surface area (Å²) in [6, 6.07) is 51.0. The van der Waals surface area contributed by atoms with Gasteiger partial charge in [0.25, 0.3) is 0 Å². The van der Waals surface area contributed by atoms with Gasteiger partial charge < -0.3 is 4.90 Å². The largest absolute Gasteiger partial charge is 0.310 e. The Labute approximate surface area is 245 Å². The molecule has 42 heavy (non-hydrogen) atoms. The van der Waals surface area contributed by atoms with Crippen molar-refractivity contribution in [3.05, 3.63) is 179 Å². The molecule has 1 aliphatic heterocycles. The third-order valence-electron chi connectivity index (χ3n) is 8.74. The van der Waals surface area contributed by atoms with Crippen LogP contribution in [0.2, 0.25) is 0 Å². The average Bonchev–Trinajstić information content (AvgIpc) is 3.36. The third-order valence-corrected chi connectivity index (χ3v) is 8.74. The Hall–Kier alpha value is -5.90. The van der Waals surface area contributed by atoms with Gasteiger partial charge in [0.1, 0.15) is 0 Å². The zero-order valence-electron chi connectivity index (χ0n) is 22.6. The van der Waals surface area contributed by atoms with Gasteiger partial charge in [-0.3, -0.25) is 0 Å². The summed E-state index contributed by atoms with van der Waals surface area (Å²) in [6.45, 7) is 7.43. The molecular weight excluding hydrogens is 510 g/mol. The van der Waals surface area contributed by atoms with E-state index in [-0.39, 0.29) is 0 Å². The van der Waals surface area contributed by atoms with Crippen LogP contribution in [0.5, 0.6) is 0 Å². The topological polar surface area (TPSA) is 31.4 Å². The van der Waals surface area contributed by atoms with E-state index >= 15 is 0 Å². The summed E-state index contributed by atoms with van der Waals surface area (Å²) < 4.78 is 0. The normalized spacial score (nSPS) is 13.3. The molecule has 3 nitrogen and oxygen atoms in total. The molecule has 0 saturated heterocycles. The van der Waals surface area contributed by atoms with Crippen molar-refractivity contribution < 1.29 is 0 Å². The Kier molecular flexibility index (Phi) is 5.17. The van der Waals surface area contributed by atoms with Crippen molar-refractivity contribution >= 4 is 22.7 Å². The molecule has 0 saturated carbocycles. The van der Waals surface area contributed by atoms with Crippen LogP contribution in [0.15, 0.2) is 140 Å². The molecule has 2 aliphatic rings. The molecule has 0 unspecified atom stereocenters. The van der Waals surface area contributed by atoms with Gasteiger partial charge in [0.05, 0.1) is 35.0 Å². The van der Waals surface area contributed by atoms with Gasteiger partial charge in [0, 0.05) is 5.69 Å². The molecule has 3 heteroatoms. The summed E-state index contributed by atoms with van der Waals surface area (Å²) >= 11 is 0. The van der Waals surface area contributed by atoms with Crippen molar-refractivity contribution in [1.29, 1.82) is 5.26 Å². The number of benzene rings is 6. The van der Waals surface area contributed by atoms with E-state index in [0.29, 0.717) is 11.3 Å². The van der Waals surface area contributed by atoms with E-state index in [9.17, 15) is 5.26 Å². The monoisotopic (exact) mass is 533 g/mol. The number of rotatable bonds is 2. The molecule has 1 heterocycles. The fourth-order valence-electron chi connectivity index (χ4n) is 7.07. The lowest BCUT2D eigenvalue weighted by atomic mass is 9.64. The molecule has 8 rings (SSSR count). The van der Waals surface area contributed by atoms with Crippen LogP contribution < -0.4 is 4.90 Å².